The monoisotopic (exact) mass is 766 g/mol. The summed E-state index contributed by atoms with van der Waals surface area (Å²) in [6.45, 7) is 27.0. The van der Waals surface area contributed by atoms with E-state index in [4.69, 9.17) is 0 Å². The van der Waals surface area contributed by atoms with Crippen molar-refractivity contribution < 1.29 is 49.0 Å². The molecule has 0 radical (unpaired) electrons. The van der Waals surface area contributed by atoms with Gasteiger partial charge in [0.1, 0.15) is 0 Å². The van der Waals surface area contributed by atoms with Crippen LogP contribution in [-0.4, -0.2) is 3.21 Å². The number of benzene rings is 4. The third-order valence-electron chi connectivity index (χ3n) is 8.62. The van der Waals surface area contributed by atoms with Gasteiger partial charge in [0.15, 0.2) is 0 Å². The van der Waals surface area contributed by atoms with Gasteiger partial charge in [-0.05, 0) is 39.5 Å². The van der Waals surface area contributed by atoms with E-state index in [0.717, 1.165) is 6.42 Å². The van der Waals surface area contributed by atoms with Crippen LogP contribution in [0.25, 0.3) is 33.4 Å². The van der Waals surface area contributed by atoms with Crippen molar-refractivity contribution in [3.63, 3.8) is 0 Å². The molecule has 0 N–H and O–H groups in total. The fraction of sp³-hybridized carbons (Fsp3) is 0.370. The van der Waals surface area contributed by atoms with E-state index in [9.17, 15) is 0 Å². The van der Waals surface area contributed by atoms with E-state index in [1.807, 2.05) is 0 Å². The van der Waals surface area contributed by atoms with Crippen molar-refractivity contribution in [1.29, 1.82) is 0 Å². The SMILES string of the molecule is CC(C)(C)c1cc2c([c-]c1-c1ccccc1)Cc1cc(-c3ccccc3)c(C(C)(C)C)cc1-2.CC1[C-]=CC(C(C)(C)C)=C1.C[C](C)=[Zr+2].[Cl-].[Cl-]. The van der Waals surface area contributed by atoms with E-state index >= 15 is 0 Å². The molecule has 0 spiro atoms. The van der Waals surface area contributed by atoms with Crippen molar-refractivity contribution in [2.45, 2.75) is 100 Å². The Hall–Kier alpha value is -2.31. The van der Waals surface area contributed by atoms with Crippen LogP contribution in [-0.2, 0) is 41.5 Å². The van der Waals surface area contributed by atoms with E-state index in [-0.39, 0.29) is 35.6 Å². The topological polar surface area (TPSA) is 0 Å². The Morgan fingerprint density at radius 2 is 1.14 bits per heavy atom. The standard InChI is InChI=1S/C33H33.C10H15.C3H6.2ClH.Zr/c1-32(2,3)30-20-26-24(18-28(30)22-13-9-7-10-14-22)17-25-19-29(23-15-11-8-12-16-23)31(21-27(25)26)33(4,5)6;1-8-5-6-9(7-8)10(2,3)4;1-3-2;;;/h7-16,18,20-21H,17H2,1-6H3;6-8H,1-4H3;1-2H3;2*1H;/q2*-1;;;;+2/p-2. The van der Waals surface area contributed by atoms with Crippen LogP contribution in [0.4, 0.5) is 0 Å². The zero-order chi connectivity index (χ0) is 34.7. The first kappa shape index (κ1) is 42.9. The summed E-state index contributed by atoms with van der Waals surface area (Å²) < 4.78 is 1.51. The Morgan fingerprint density at radius 1 is 0.653 bits per heavy atom. The maximum atomic E-state index is 3.88. The second-order valence-corrected chi connectivity index (χ2v) is 18.8. The molecule has 0 heterocycles. The summed E-state index contributed by atoms with van der Waals surface area (Å²) in [5.74, 6) is 0.522. The normalized spacial score (nSPS) is 14.5. The zero-order valence-corrected chi connectivity index (χ0v) is 35.7. The number of hydrogen-bond donors (Lipinski definition) is 0. The Labute approximate surface area is 326 Å². The van der Waals surface area contributed by atoms with Crippen molar-refractivity contribution >= 4 is 3.21 Å². The molecule has 0 nitrogen and oxygen atoms in total. The zero-order valence-electron chi connectivity index (χ0n) is 31.7. The summed E-state index contributed by atoms with van der Waals surface area (Å²) in [5, 5.41) is 0. The van der Waals surface area contributed by atoms with Gasteiger partial charge < -0.3 is 24.8 Å². The van der Waals surface area contributed by atoms with E-state index in [1.165, 1.54) is 64.4 Å². The summed E-state index contributed by atoms with van der Waals surface area (Å²) in [4.78, 5) is 0. The van der Waals surface area contributed by atoms with Gasteiger partial charge in [0.25, 0.3) is 0 Å². The molecule has 0 aliphatic heterocycles. The van der Waals surface area contributed by atoms with Crippen molar-refractivity contribution in [3.05, 3.63) is 131 Å². The van der Waals surface area contributed by atoms with Crippen molar-refractivity contribution in [2.24, 2.45) is 11.3 Å². The van der Waals surface area contributed by atoms with Crippen LogP contribution in [0.15, 0.2) is 96.6 Å². The summed E-state index contributed by atoms with van der Waals surface area (Å²) in [6.07, 6.45) is 8.60. The minimum Gasteiger partial charge on any atom is -1.00 e. The molecular formula is C46H54Cl2Zr-2. The van der Waals surface area contributed by atoms with Crippen LogP contribution in [0.5, 0.6) is 0 Å². The summed E-state index contributed by atoms with van der Waals surface area (Å²) in [6, 6.07) is 32.8. The predicted octanol–water partition coefficient (Wildman–Crippen LogP) is 6.71. The third kappa shape index (κ3) is 11.1. The maximum absolute atomic E-state index is 3.88. The van der Waals surface area contributed by atoms with Gasteiger partial charge in [-0.25, -0.2) is 6.08 Å². The fourth-order valence-corrected chi connectivity index (χ4v) is 6.16. The van der Waals surface area contributed by atoms with Crippen LogP contribution in [0.1, 0.15) is 105 Å². The van der Waals surface area contributed by atoms with Gasteiger partial charge in [-0.2, -0.15) is 11.6 Å². The molecule has 0 saturated carbocycles. The van der Waals surface area contributed by atoms with Crippen molar-refractivity contribution in [3.8, 4) is 33.4 Å². The van der Waals surface area contributed by atoms with Gasteiger partial charge in [-0.15, -0.1) is 28.8 Å². The maximum Gasteiger partial charge on any atom is -1.00 e. The van der Waals surface area contributed by atoms with Crippen LogP contribution >= 0.6 is 0 Å². The number of halogens is 2. The number of hydrogen-bond acceptors (Lipinski definition) is 0. The van der Waals surface area contributed by atoms with Crippen molar-refractivity contribution in [2.75, 3.05) is 0 Å². The molecule has 6 rings (SSSR count). The number of rotatable bonds is 2. The molecular weight excluding hydrogens is 715 g/mol. The van der Waals surface area contributed by atoms with E-state index in [0.29, 0.717) is 11.3 Å². The summed E-state index contributed by atoms with van der Waals surface area (Å²) >= 11 is 1.55. The average Bonchev–Trinajstić information content (AvgIpc) is 3.59. The van der Waals surface area contributed by atoms with Gasteiger partial charge >= 0.3 is 41.3 Å². The third-order valence-corrected chi connectivity index (χ3v) is 8.62. The number of fused-ring (bicyclic) bond motifs is 3. The van der Waals surface area contributed by atoms with Gasteiger partial charge in [0, 0.05) is 0 Å². The summed E-state index contributed by atoms with van der Waals surface area (Å²) in [7, 11) is 0. The quantitative estimate of drug-likeness (QED) is 0.176. The molecule has 49 heavy (non-hydrogen) atoms. The van der Waals surface area contributed by atoms with E-state index < -0.39 is 0 Å². The number of allylic oxidation sites excluding steroid dienone is 4. The van der Waals surface area contributed by atoms with Gasteiger partial charge in [0.2, 0.25) is 0 Å². The predicted molar refractivity (Wildman–Crippen MR) is 203 cm³/mol. The molecule has 4 aromatic rings. The molecule has 2 aliphatic rings. The average molecular weight is 769 g/mol. The molecule has 3 heteroatoms. The minimum absolute atomic E-state index is 0. The Balaban J connectivity index is 0.000000439. The second kappa shape index (κ2) is 17.3. The fourth-order valence-electron chi connectivity index (χ4n) is 6.16. The smallest absolute Gasteiger partial charge is 1.00 e. The first-order valence-corrected chi connectivity index (χ1v) is 18.3. The van der Waals surface area contributed by atoms with E-state index in [1.54, 1.807) is 24.2 Å². The molecule has 4 aromatic carbocycles. The second-order valence-electron chi connectivity index (χ2n) is 16.4. The molecule has 258 valence electrons. The molecule has 2 aliphatic carbocycles. The van der Waals surface area contributed by atoms with Gasteiger partial charge in [-0.1, -0.05) is 170 Å². The first-order valence-electron chi connectivity index (χ1n) is 17.1. The molecule has 1 unspecified atom stereocenters. The molecule has 0 aromatic heterocycles. The molecule has 0 bridgehead atoms. The van der Waals surface area contributed by atoms with E-state index in [2.05, 4.69) is 186 Å². The largest absolute Gasteiger partial charge is 1.00 e. The Kier molecular flexibility index (Phi) is 15.1. The van der Waals surface area contributed by atoms with Crippen molar-refractivity contribution in [1.82, 2.24) is 0 Å². The molecule has 0 saturated heterocycles. The molecule has 0 amide bonds. The minimum atomic E-state index is 0. The Bertz CT molecular complexity index is 1660. The Morgan fingerprint density at radius 3 is 1.57 bits per heavy atom. The molecule has 0 fully saturated rings. The summed E-state index contributed by atoms with van der Waals surface area (Å²) in [5.41, 5.74) is 15.2. The van der Waals surface area contributed by atoms with Crippen LogP contribution in [0, 0.1) is 23.5 Å². The van der Waals surface area contributed by atoms with Gasteiger partial charge in [0.05, 0.1) is 0 Å². The van der Waals surface area contributed by atoms with Crippen LogP contribution < -0.4 is 24.8 Å². The first-order chi connectivity index (χ1) is 21.9. The molecule has 1 atom stereocenters. The van der Waals surface area contributed by atoms with Crippen LogP contribution in [0.2, 0.25) is 0 Å². The van der Waals surface area contributed by atoms with Crippen LogP contribution in [0.3, 0.4) is 0 Å². The van der Waals surface area contributed by atoms with Gasteiger partial charge in [-0.3, -0.25) is 6.08 Å².